The molecule has 0 aliphatic heterocycles. The molecule has 158 valence electrons. The molecule has 0 fully saturated rings. The highest BCUT2D eigenvalue weighted by atomic mass is 16.2. The number of rotatable bonds is 7. The Kier molecular flexibility index (Phi) is 5.45. The van der Waals surface area contributed by atoms with Crippen molar-refractivity contribution < 1.29 is 4.79 Å². The van der Waals surface area contributed by atoms with Gasteiger partial charge in [-0.05, 0) is 22.4 Å². The van der Waals surface area contributed by atoms with Crippen LogP contribution in [-0.4, -0.2) is 37.6 Å². The van der Waals surface area contributed by atoms with Crippen molar-refractivity contribution in [1.29, 1.82) is 0 Å². The van der Waals surface area contributed by atoms with Crippen molar-refractivity contribution in [2.45, 2.75) is 12.5 Å². The van der Waals surface area contributed by atoms with E-state index >= 15 is 0 Å². The van der Waals surface area contributed by atoms with Crippen molar-refractivity contribution in [3.05, 3.63) is 102 Å². The van der Waals surface area contributed by atoms with Gasteiger partial charge in [-0.1, -0.05) is 78.9 Å². The van der Waals surface area contributed by atoms with E-state index in [0.717, 1.165) is 27.6 Å². The third-order valence-corrected chi connectivity index (χ3v) is 5.47. The van der Waals surface area contributed by atoms with Crippen LogP contribution in [0, 0.1) is 0 Å². The van der Waals surface area contributed by atoms with Crippen molar-refractivity contribution in [2.75, 3.05) is 6.54 Å². The Bertz CT molecular complexity index is 1330. The topological polar surface area (TPSA) is 88.5 Å². The number of benzene rings is 3. The molecule has 2 heterocycles. The Hall–Kier alpha value is -4.26. The van der Waals surface area contributed by atoms with Gasteiger partial charge < -0.3 is 10.3 Å². The minimum absolute atomic E-state index is 0.00915. The zero-order chi connectivity index (χ0) is 21.8. The second-order valence-electron chi connectivity index (χ2n) is 7.57. The number of fused-ring (bicyclic) bond motifs is 1. The lowest BCUT2D eigenvalue weighted by atomic mass is 9.91. The van der Waals surface area contributed by atoms with Gasteiger partial charge in [-0.15, -0.1) is 10.2 Å². The molecule has 3 aromatic carbocycles. The number of tetrazole rings is 1. The Balaban J connectivity index is 1.32. The SMILES string of the molecule is O=C(Cn1nnc(-c2ccccc2)n1)NCC(c1ccccc1)c1c[nH]c2ccccc12. The Morgan fingerprint density at radius 1 is 0.938 bits per heavy atom. The maximum atomic E-state index is 12.7. The van der Waals surface area contributed by atoms with Gasteiger partial charge >= 0.3 is 0 Å². The fourth-order valence-electron chi connectivity index (χ4n) is 3.89. The number of nitrogens with zero attached hydrogens (tertiary/aromatic N) is 4. The van der Waals surface area contributed by atoms with Crippen LogP contribution in [0.15, 0.2) is 91.1 Å². The molecule has 2 N–H and O–H groups in total. The average Bonchev–Trinajstić information content (AvgIpc) is 3.48. The van der Waals surface area contributed by atoms with Crippen LogP contribution in [0.3, 0.4) is 0 Å². The number of H-pyrrole nitrogens is 1. The van der Waals surface area contributed by atoms with Gasteiger partial charge in [-0.25, -0.2) is 0 Å². The smallest absolute Gasteiger partial charge is 0.243 e. The van der Waals surface area contributed by atoms with Crippen LogP contribution in [0.25, 0.3) is 22.3 Å². The molecule has 5 aromatic rings. The maximum Gasteiger partial charge on any atom is 0.243 e. The van der Waals surface area contributed by atoms with Crippen molar-refractivity contribution >= 4 is 16.8 Å². The maximum absolute atomic E-state index is 12.7. The van der Waals surface area contributed by atoms with Crippen LogP contribution in [0.4, 0.5) is 0 Å². The zero-order valence-electron chi connectivity index (χ0n) is 17.3. The van der Waals surface area contributed by atoms with Gasteiger partial charge in [0.05, 0.1) is 0 Å². The van der Waals surface area contributed by atoms with E-state index in [0.29, 0.717) is 12.4 Å². The van der Waals surface area contributed by atoms with E-state index in [2.05, 4.69) is 50.0 Å². The van der Waals surface area contributed by atoms with E-state index in [1.807, 2.05) is 66.9 Å². The van der Waals surface area contributed by atoms with Crippen molar-refractivity contribution in [1.82, 2.24) is 30.5 Å². The average molecular weight is 422 g/mol. The first-order chi connectivity index (χ1) is 15.8. The molecule has 0 spiro atoms. The number of carbonyl (C=O) groups excluding carboxylic acids is 1. The van der Waals surface area contributed by atoms with Gasteiger partial charge in [0.25, 0.3) is 0 Å². The summed E-state index contributed by atoms with van der Waals surface area (Å²) in [4.78, 5) is 17.3. The molecule has 2 aromatic heterocycles. The molecule has 1 atom stereocenters. The van der Waals surface area contributed by atoms with E-state index in [4.69, 9.17) is 0 Å². The molecule has 1 unspecified atom stereocenters. The van der Waals surface area contributed by atoms with E-state index in [9.17, 15) is 4.79 Å². The third-order valence-electron chi connectivity index (χ3n) is 5.47. The molecule has 7 heteroatoms. The second-order valence-corrected chi connectivity index (χ2v) is 7.57. The summed E-state index contributed by atoms with van der Waals surface area (Å²) in [5, 5.41) is 16.6. The van der Waals surface area contributed by atoms with Crippen LogP contribution in [0.2, 0.25) is 0 Å². The lowest BCUT2D eigenvalue weighted by Gasteiger charge is -2.18. The molecule has 0 saturated carbocycles. The molecule has 0 aliphatic carbocycles. The molecule has 0 bridgehead atoms. The van der Waals surface area contributed by atoms with E-state index in [-0.39, 0.29) is 18.4 Å². The first kappa shape index (κ1) is 19.7. The van der Waals surface area contributed by atoms with Gasteiger partial charge in [0.2, 0.25) is 11.7 Å². The van der Waals surface area contributed by atoms with Crippen LogP contribution in [-0.2, 0) is 11.3 Å². The summed E-state index contributed by atoms with van der Waals surface area (Å²) < 4.78 is 0. The molecular formula is C25H22N6O. The van der Waals surface area contributed by atoms with Crippen LogP contribution >= 0.6 is 0 Å². The highest BCUT2D eigenvalue weighted by molar-refractivity contribution is 5.84. The molecule has 32 heavy (non-hydrogen) atoms. The fourth-order valence-corrected chi connectivity index (χ4v) is 3.89. The van der Waals surface area contributed by atoms with Gasteiger partial charge in [0, 0.05) is 35.1 Å². The standard InChI is InChI=1S/C25H22N6O/c32-24(17-31-29-25(28-30-31)19-11-5-2-6-12-19)27-15-21(18-9-3-1-4-10-18)22-16-26-23-14-8-7-13-20(22)23/h1-14,16,21,26H,15,17H2,(H,27,32). The molecule has 5 rings (SSSR count). The largest absolute Gasteiger partial charge is 0.361 e. The lowest BCUT2D eigenvalue weighted by molar-refractivity contribution is -0.122. The first-order valence-electron chi connectivity index (χ1n) is 10.5. The summed E-state index contributed by atoms with van der Waals surface area (Å²) >= 11 is 0. The number of hydrogen-bond donors (Lipinski definition) is 2. The number of aromatic nitrogens is 5. The van der Waals surface area contributed by atoms with E-state index in [1.54, 1.807) is 0 Å². The van der Waals surface area contributed by atoms with Crippen LogP contribution in [0.5, 0.6) is 0 Å². The second kappa shape index (κ2) is 8.85. The number of hydrogen-bond acceptors (Lipinski definition) is 4. The summed E-state index contributed by atoms with van der Waals surface area (Å²) in [5.41, 5.74) is 4.23. The quantitative estimate of drug-likeness (QED) is 0.418. The molecule has 1 amide bonds. The molecule has 0 aliphatic rings. The Morgan fingerprint density at radius 3 is 2.47 bits per heavy atom. The van der Waals surface area contributed by atoms with Crippen LogP contribution in [0.1, 0.15) is 17.0 Å². The summed E-state index contributed by atoms with van der Waals surface area (Å²) in [6, 6.07) is 28.0. The zero-order valence-corrected chi connectivity index (χ0v) is 17.3. The Labute approximate surface area is 185 Å². The van der Waals surface area contributed by atoms with Crippen molar-refractivity contribution in [2.24, 2.45) is 0 Å². The minimum Gasteiger partial charge on any atom is -0.361 e. The normalized spacial score (nSPS) is 12.0. The summed E-state index contributed by atoms with van der Waals surface area (Å²) in [5.74, 6) is 0.349. The van der Waals surface area contributed by atoms with Gasteiger partial charge in [-0.2, -0.15) is 4.80 Å². The van der Waals surface area contributed by atoms with E-state index in [1.165, 1.54) is 4.80 Å². The summed E-state index contributed by atoms with van der Waals surface area (Å²) in [7, 11) is 0. The number of aromatic amines is 1. The highest BCUT2D eigenvalue weighted by Crippen LogP contribution is 2.30. The summed E-state index contributed by atoms with van der Waals surface area (Å²) in [6.45, 7) is 0.472. The lowest BCUT2D eigenvalue weighted by Crippen LogP contribution is -2.32. The molecule has 0 radical (unpaired) electrons. The molecule has 0 saturated heterocycles. The van der Waals surface area contributed by atoms with Crippen LogP contribution < -0.4 is 5.32 Å². The van der Waals surface area contributed by atoms with Gasteiger partial charge in [0.1, 0.15) is 6.54 Å². The van der Waals surface area contributed by atoms with Gasteiger partial charge in [-0.3, -0.25) is 4.79 Å². The Morgan fingerprint density at radius 2 is 1.66 bits per heavy atom. The molecule has 7 nitrogen and oxygen atoms in total. The van der Waals surface area contributed by atoms with Crippen molar-refractivity contribution in [3.8, 4) is 11.4 Å². The monoisotopic (exact) mass is 422 g/mol. The van der Waals surface area contributed by atoms with Gasteiger partial charge in [0.15, 0.2) is 0 Å². The predicted molar refractivity (Wildman–Crippen MR) is 123 cm³/mol. The van der Waals surface area contributed by atoms with E-state index < -0.39 is 0 Å². The summed E-state index contributed by atoms with van der Waals surface area (Å²) in [6.07, 6.45) is 2.03. The highest BCUT2D eigenvalue weighted by Gasteiger charge is 2.19. The number of carbonyl (C=O) groups is 1. The fraction of sp³-hybridized carbons (Fsp3) is 0.120. The first-order valence-corrected chi connectivity index (χ1v) is 10.5. The predicted octanol–water partition coefficient (Wildman–Crippen LogP) is 3.77. The molecular weight excluding hydrogens is 400 g/mol. The number of nitrogens with one attached hydrogen (secondary N) is 2. The number of para-hydroxylation sites is 1. The third kappa shape index (κ3) is 4.13. The minimum atomic E-state index is -0.164. The number of amides is 1. The van der Waals surface area contributed by atoms with Crippen molar-refractivity contribution in [3.63, 3.8) is 0 Å².